The van der Waals surface area contributed by atoms with Crippen LogP contribution in [-0.4, -0.2) is 56.2 Å². The summed E-state index contributed by atoms with van der Waals surface area (Å²) < 4.78 is 12.8. The first kappa shape index (κ1) is 23.4. The van der Waals surface area contributed by atoms with Gasteiger partial charge in [0.1, 0.15) is 12.1 Å². The smallest absolute Gasteiger partial charge is 0.325 e. The van der Waals surface area contributed by atoms with Gasteiger partial charge < -0.3 is 29.4 Å². The number of benzene rings is 2. The van der Waals surface area contributed by atoms with Crippen LogP contribution in [0, 0.1) is 6.92 Å². The largest absolute Gasteiger partial charge is 0.480 e. The van der Waals surface area contributed by atoms with Gasteiger partial charge >= 0.3 is 5.97 Å². The van der Waals surface area contributed by atoms with Crippen LogP contribution in [0.15, 0.2) is 48.8 Å². The predicted molar refractivity (Wildman–Crippen MR) is 128 cm³/mol. The first-order valence-electron chi connectivity index (χ1n) is 11.6. The van der Waals surface area contributed by atoms with Crippen molar-refractivity contribution in [1.29, 1.82) is 0 Å². The van der Waals surface area contributed by atoms with E-state index >= 15 is 0 Å². The molecule has 2 N–H and O–H groups in total. The van der Waals surface area contributed by atoms with E-state index in [1.807, 2.05) is 35.8 Å². The molecular weight excluding hydrogens is 464 g/mol. The zero-order valence-corrected chi connectivity index (χ0v) is 19.9. The molecule has 10 heteroatoms. The Balaban J connectivity index is 1.48. The summed E-state index contributed by atoms with van der Waals surface area (Å²) in [6, 6.07) is 10.9. The van der Waals surface area contributed by atoms with Crippen molar-refractivity contribution in [2.45, 2.75) is 45.4 Å². The van der Waals surface area contributed by atoms with Gasteiger partial charge in [-0.05, 0) is 43.2 Å². The highest BCUT2D eigenvalue weighted by atomic mass is 16.7. The number of rotatable bonds is 6. The molecule has 1 aromatic heterocycles. The fourth-order valence-corrected chi connectivity index (χ4v) is 4.49. The number of fused-ring (bicyclic) bond motifs is 2. The number of aliphatic carboxylic acids is 1. The van der Waals surface area contributed by atoms with E-state index in [4.69, 9.17) is 9.47 Å². The van der Waals surface area contributed by atoms with Crippen molar-refractivity contribution in [2.24, 2.45) is 0 Å². The summed E-state index contributed by atoms with van der Waals surface area (Å²) in [7, 11) is 0. The molecule has 0 aliphatic carbocycles. The van der Waals surface area contributed by atoms with Gasteiger partial charge in [-0.25, -0.2) is 4.98 Å². The van der Waals surface area contributed by atoms with Crippen LogP contribution in [0.5, 0.6) is 11.5 Å². The predicted octanol–water partition coefficient (Wildman–Crippen LogP) is 2.12. The van der Waals surface area contributed by atoms with Crippen LogP contribution >= 0.6 is 0 Å². The molecule has 0 radical (unpaired) electrons. The number of ether oxygens (including phenoxy) is 2. The molecule has 5 rings (SSSR count). The molecule has 2 atom stereocenters. The molecule has 186 valence electrons. The molecule has 3 heterocycles. The van der Waals surface area contributed by atoms with E-state index in [-0.39, 0.29) is 25.7 Å². The SMILES string of the molecule is Cc1ccccc1Cn1cnc2c1CN(C(=O)c1ccc3c(c1)OCO3)C(C(=O)NC(C)C(=O)O)C2. The number of carboxylic acids is 1. The highest BCUT2D eigenvalue weighted by Crippen LogP contribution is 2.34. The number of aryl methyl sites for hydroxylation is 1. The van der Waals surface area contributed by atoms with Crippen molar-refractivity contribution in [3.63, 3.8) is 0 Å². The number of hydrogen-bond donors (Lipinski definition) is 2. The average Bonchev–Trinajstić information content (AvgIpc) is 3.50. The van der Waals surface area contributed by atoms with E-state index in [2.05, 4.69) is 10.3 Å². The Morgan fingerprint density at radius 1 is 1.17 bits per heavy atom. The molecule has 36 heavy (non-hydrogen) atoms. The second-order valence-corrected chi connectivity index (χ2v) is 8.98. The fraction of sp³-hybridized carbons (Fsp3) is 0.308. The minimum Gasteiger partial charge on any atom is -0.480 e. The summed E-state index contributed by atoms with van der Waals surface area (Å²) in [6.45, 7) is 4.23. The summed E-state index contributed by atoms with van der Waals surface area (Å²) in [5.41, 5.74) is 4.16. The van der Waals surface area contributed by atoms with Crippen LogP contribution < -0.4 is 14.8 Å². The van der Waals surface area contributed by atoms with Gasteiger partial charge in [-0.2, -0.15) is 0 Å². The first-order valence-corrected chi connectivity index (χ1v) is 11.6. The second-order valence-electron chi connectivity index (χ2n) is 8.98. The Kier molecular flexibility index (Phi) is 6.09. The minimum atomic E-state index is -1.16. The van der Waals surface area contributed by atoms with E-state index in [1.165, 1.54) is 11.8 Å². The summed E-state index contributed by atoms with van der Waals surface area (Å²) >= 11 is 0. The summed E-state index contributed by atoms with van der Waals surface area (Å²) in [6.07, 6.45) is 1.89. The number of carbonyl (C=O) groups is 3. The lowest BCUT2D eigenvalue weighted by Crippen LogP contribution is -2.55. The van der Waals surface area contributed by atoms with Crippen LogP contribution in [0.2, 0.25) is 0 Å². The molecule has 0 bridgehead atoms. The molecule has 0 fully saturated rings. The summed E-state index contributed by atoms with van der Waals surface area (Å²) in [4.78, 5) is 44.2. The molecule has 0 saturated heterocycles. The topological polar surface area (TPSA) is 123 Å². The molecule has 2 aromatic carbocycles. The Morgan fingerprint density at radius 2 is 1.94 bits per heavy atom. The Hall–Kier alpha value is -4.34. The number of nitrogens with zero attached hydrogens (tertiary/aromatic N) is 3. The van der Waals surface area contributed by atoms with Crippen LogP contribution in [0.25, 0.3) is 0 Å². The fourth-order valence-electron chi connectivity index (χ4n) is 4.49. The molecule has 2 aliphatic heterocycles. The molecule has 0 saturated carbocycles. The van der Waals surface area contributed by atoms with Gasteiger partial charge in [-0.1, -0.05) is 24.3 Å². The van der Waals surface area contributed by atoms with E-state index in [9.17, 15) is 19.5 Å². The Morgan fingerprint density at radius 3 is 2.72 bits per heavy atom. The Bertz CT molecular complexity index is 1350. The molecule has 2 aliphatic rings. The number of carbonyl (C=O) groups excluding carboxylic acids is 2. The normalized spacial score (nSPS) is 16.8. The average molecular weight is 491 g/mol. The third-order valence-electron chi connectivity index (χ3n) is 6.63. The standard InChI is InChI=1S/C26H26N4O6/c1-15-5-3-4-6-18(15)11-29-13-27-19-10-20(24(31)28-16(2)26(33)34)30(12-21(19)29)25(32)17-7-8-22-23(9-17)36-14-35-22/h3-9,13,16,20H,10-12,14H2,1-2H3,(H,28,31)(H,33,34). The van der Waals surface area contributed by atoms with Crippen molar-refractivity contribution in [3.8, 4) is 11.5 Å². The van der Waals surface area contributed by atoms with E-state index in [0.717, 1.165) is 16.8 Å². The molecular formula is C26H26N4O6. The molecule has 0 spiro atoms. The molecule has 2 amide bonds. The number of aromatic nitrogens is 2. The van der Waals surface area contributed by atoms with Gasteiger partial charge in [-0.3, -0.25) is 14.4 Å². The number of hydrogen-bond acceptors (Lipinski definition) is 6. The van der Waals surface area contributed by atoms with E-state index in [1.54, 1.807) is 24.5 Å². The lowest BCUT2D eigenvalue weighted by atomic mass is 9.99. The van der Waals surface area contributed by atoms with Gasteiger partial charge in [-0.15, -0.1) is 0 Å². The van der Waals surface area contributed by atoms with Crippen molar-refractivity contribution in [3.05, 3.63) is 76.9 Å². The van der Waals surface area contributed by atoms with Crippen molar-refractivity contribution >= 4 is 17.8 Å². The quantitative estimate of drug-likeness (QED) is 0.543. The van der Waals surface area contributed by atoms with Gasteiger partial charge in [0.15, 0.2) is 11.5 Å². The zero-order valence-electron chi connectivity index (χ0n) is 19.9. The van der Waals surface area contributed by atoms with Crippen LogP contribution in [-0.2, 0) is 29.1 Å². The number of imidazole rings is 1. The number of nitrogens with one attached hydrogen (secondary N) is 1. The van der Waals surface area contributed by atoms with E-state index < -0.39 is 24.0 Å². The number of amides is 2. The van der Waals surface area contributed by atoms with Crippen LogP contribution in [0.1, 0.15) is 39.8 Å². The van der Waals surface area contributed by atoms with Crippen LogP contribution in [0.3, 0.4) is 0 Å². The Labute approximate surface area is 207 Å². The summed E-state index contributed by atoms with van der Waals surface area (Å²) in [5.74, 6) is -1.06. The maximum Gasteiger partial charge on any atom is 0.325 e. The van der Waals surface area contributed by atoms with Gasteiger partial charge in [0.25, 0.3) is 5.91 Å². The van der Waals surface area contributed by atoms with Gasteiger partial charge in [0.2, 0.25) is 12.7 Å². The maximum absolute atomic E-state index is 13.7. The summed E-state index contributed by atoms with van der Waals surface area (Å²) in [5, 5.41) is 11.8. The minimum absolute atomic E-state index is 0.0796. The lowest BCUT2D eigenvalue weighted by Gasteiger charge is -2.35. The maximum atomic E-state index is 13.7. The lowest BCUT2D eigenvalue weighted by molar-refractivity contribution is -0.142. The second kappa shape index (κ2) is 9.37. The zero-order chi connectivity index (χ0) is 25.4. The first-order chi connectivity index (χ1) is 17.3. The van der Waals surface area contributed by atoms with Crippen molar-refractivity contribution < 1.29 is 29.0 Å². The van der Waals surface area contributed by atoms with Crippen LogP contribution in [0.4, 0.5) is 0 Å². The molecule has 10 nitrogen and oxygen atoms in total. The third-order valence-corrected chi connectivity index (χ3v) is 6.63. The highest BCUT2D eigenvalue weighted by Gasteiger charge is 2.38. The highest BCUT2D eigenvalue weighted by molar-refractivity contribution is 5.99. The van der Waals surface area contributed by atoms with Gasteiger partial charge in [0, 0.05) is 18.5 Å². The van der Waals surface area contributed by atoms with E-state index in [0.29, 0.717) is 29.3 Å². The molecule has 3 aromatic rings. The third kappa shape index (κ3) is 4.37. The van der Waals surface area contributed by atoms with Crippen molar-refractivity contribution in [2.75, 3.05) is 6.79 Å². The number of carboxylic acid groups (broad SMARTS) is 1. The molecule has 2 unspecified atom stereocenters. The monoisotopic (exact) mass is 490 g/mol. The van der Waals surface area contributed by atoms with Gasteiger partial charge in [0.05, 0.1) is 24.3 Å². The van der Waals surface area contributed by atoms with Crippen molar-refractivity contribution in [1.82, 2.24) is 19.8 Å².